The zero-order valence-corrected chi connectivity index (χ0v) is 10.1. The summed E-state index contributed by atoms with van der Waals surface area (Å²) in [5.41, 5.74) is 1.30. The highest BCUT2D eigenvalue weighted by molar-refractivity contribution is 5.92. The van der Waals surface area contributed by atoms with Crippen molar-refractivity contribution >= 4 is 17.0 Å². The molecule has 0 saturated heterocycles. The number of halogens is 2. The molecule has 0 unspecified atom stereocenters. The van der Waals surface area contributed by atoms with E-state index in [4.69, 9.17) is 5.11 Å². The third-order valence-corrected chi connectivity index (χ3v) is 2.66. The molecule has 102 valence electrons. The zero-order chi connectivity index (χ0) is 14.0. The van der Waals surface area contributed by atoms with E-state index in [2.05, 4.69) is 9.72 Å². The van der Waals surface area contributed by atoms with Crippen LogP contribution in [0.5, 0.6) is 0 Å². The maximum Gasteiger partial charge on any atom is 0.345 e. The number of rotatable bonds is 5. The molecule has 19 heavy (non-hydrogen) atoms. The number of imidazole rings is 1. The van der Waals surface area contributed by atoms with Gasteiger partial charge in [-0.2, -0.15) is 8.78 Å². The second kappa shape index (κ2) is 5.31. The molecule has 0 aliphatic carbocycles. The second-order valence-electron chi connectivity index (χ2n) is 4.11. The zero-order valence-electron chi connectivity index (χ0n) is 10.1. The maximum atomic E-state index is 12.1. The Morgan fingerprint density at radius 3 is 2.89 bits per heavy atom. The van der Waals surface area contributed by atoms with E-state index in [9.17, 15) is 13.6 Å². The van der Waals surface area contributed by atoms with Crippen LogP contribution in [0.2, 0.25) is 0 Å². The highest BCUT2D eigenvalue weighted by Crippen LogP contribution is 2.16. The second-order valence-corrected chi connectivity index (χ2v) is 4.11. The van der Waals surface area contributed by atoms with Crippen LogP contribution in [0.3, 0.4) is 0 Å². The first-order valence-corrected chi connectivity index (χ1v) is 5.59. The van der Waals surface area contributed by atoms with Crippen molar-refractivity contribution in [3.05, 3.63) is 30.1 Å². The van der Waals surface area contributed by atoms with Gasteiger partial charge in [-0.3, -0.25) is 0 Å². The Morgan fingerprint density at radius 2 is 2.26 bits per heavy atom. The first kappa shape index (κ1) is 13.4. The fourth-order valence-electron chi connectivity index (χ4n) is 1.83. The van der Waals surface area contributed by atoms with Gasteiger partial charge in [0.1, 0.15) is 0 Å². The van der Waals surface area contributed by atoms with Crippen LogP contribution in [0.4, 0.5) is 8.78 Å². The average molecular weight is 270 g/mol. The molecule has 1 aromatic heterocycles. The number of nitrogens with zero attached hydrogens (tertiary/aromatic N) is 2. The molecule has 0 fully saturated rings. The predicted molar refractivity (Wildman–Crippen MR) is 63.2 cm³/mol. The monoisotopic (exact) mass is 270 g/mol. The lowest BCUT2D eigenvalue weighted by Crippen LogP contribution is -2.18. The molecular weight excluding hydrogens is 258 g/mol. The van der Waals surface area contributed by atoms with Crippen molar-refractivity contribution in [3.8, 4) is 0 Å². The van der Waals surface area contributed by atoms with Crippen molar-refractivity contribution < 1.29 is 23.4 Å². The third-order valence-electron chi connectivity index (χ3n) is 2.66. The number of carboxylic acid groups (broad SMARTS) is 1. The molecule has 2 aromatic rings. The largest absolute Gasteiger partial charge is 0.478 e. The molecule has 1 heterocycles. The first-order chi connectivity index (χ1) is 8.97. The fraction of sp³-hybridized carbons (Fsp3) is 0.333. The van der Waals surface area contributed by atoms with Crippen molar-refractivity contribution in [1.82, 2.24) is 9.55 Å². The van der Waals surface area contributed by atoms with Crippen LogP contribution >= 0.6 is 0 Å². The third kappa shape index (κ3) is 3.05. The van der Waals surface area contributed by atoms with Gasteiger partial charge in [0.05, 0.1) is 35.6 Å². The number of carbonyl (C=O) groups is 1. The summed E-state index contributed by atoms with van der Waals surface area (Å²) >= 11 is 0. The topological polar surface area (TPSA) is 64.4 Å². The number of aromatic nitrogens is 2. The molecule has 0 aliphatic heterocycles. The summed E-state index contributed by atoms with van der Waals surface area (Å²) < 4.78 is 30.1. The smallest absolute Gasteiger partial charge is 0.345 e. The minimum Gasteiger partial charge on any atom is -0.478 e. The minimum atomic E-state index is -2.83. The quantitative estimate of drug-likeness (QED) is 0.905. The van der Waals surface area contributed by atoms with Crippen LogP contribution in [-0.4, -0.2) is 33.3 Å². The van der Waals surface area contributed by atoms with Crippen molar-refractivity contribution in [2.75, 3.05) is 0 Å². The number of carboxylic acids is 1. The lowest BCUT2D eigenvalue weighted by atomic mass is 10.2. The van der Waals surface area contributed by atoms with E-state index < -0.39 is 18.7 Å². The summed E-state index contributed by atoms with van der Waals surface area (Å²) in [6, 6.07) is 4.48. The van der Waals surface area contributed by atoms with Crippen LogP contribution in [-0.2, 0) is 11.3 Å². The Hall–Kier alpha value is -2.02. The molecule has 0 saturated carbocycles. The predicted octanol–water partition coefficient (Wildman–Crippen LogP) is 2.36. The van der Waals surface area contributed by atoms with Gasteiger partial charge in [-0.15, -0.1) is 0 Å². The molecule has 0 aliphatic rings. The Labute approximate surface area is 107 Å². The molecule has 5 nitrogen and oxygen atoms in total. The molecular formula is C12H12F2N2O3. The lowest BCUT2D eigenvalue weighted by molar-refractivity contribution is -0.160. The van der Waals surface area contributed by atoms with E-state index in [1.165, 1.54) is 25.4 Å². The van der Waals surface area contributed by atoms with Crippen LogP contribution < -0.4 is 0 Å². The van der Waals surface area contributed by atoms with Gasteiger partial charge >= 0.3 is 12.6 Å². The Kier molecular flexibility index (Phi) is 3.75. The molecule has 0 bridgehead atoms. The number of fused-ring (bicyclic) bond motifs is 1. The number of alkyl halides is 2. The van der Waals surface area contributed by atoms with E-state index >= 15 is 0 Å². The van der Waals surface area contributed by atoms with Gasteiger partial charge in [0.25, 0.3) is 0 Å². The Balaban J connectivity index is 2.28. The van der Waals surface area contributed by atoms with E-state index in [1.807, 2.05) is 0 Å². The molecule has 1 aromatic carbocycles. The molecule has 1 atom stereocenters. The van der Waals surface area contributed by atoms with E-state index in [0.29, 0.717) is 11.0 Å². The van der Waals surface area contributed by atoms with Gasteiger partial charge in [-0.25, -0.2) is 9.78 Å². The molecule has 1 N–H and O–H groups in total. The minimum absolute atomic E-state index is 0.122. The van der Waals surface area contributed by atoms with Gasteiger partial charge in [0, 0.05) is 0 Å². The summed E-state index contributed by atoms with van der Waals surface area (Å²) in [4.78, 5) is 15.0. The summed E-state index contributed by atoms with van der Waals surface area (Å²) in [7, 11) is 0. The Morgan fingerprint density at radius 1 is 1.53 bits per heavy atom. The number of ether oxygens (including phenoxy) is 1. The first-order valence-electron chi connectivity index (χ1n) is 5.59. The number of benzene rings is 1. The number of hydrogen-bond acceptors (Lipinski definition) is 3. The van der Waals surface area contributed by atoms with Crippen LogP contribution in [0.1, 0.15) is 17.3 Å². The lowest BCUT2D eigenvalue weighted by Gasteiger charge is -2.13. The molecule has 0 spiro atoms. The van der Waals surface area contributed by atoms with E-state index in [0.717, 1.165) is 0 Å². The highest BCUT2D eigenvalue weighted by Gasteiger charge is 2.13. The van der Waals surface area contributed by atoms with Crippen molar-refractivity contribution in [2.45, 2.75) is 26.2 Å². The number of hydrogen-bond donors (Lipinski definition) is 1. The van der Waals surface area contributed by atoms with Crippen molar-refractivity contribution in [1.29, 1.82) is 0 Å². The average Bonchev–Trinajstić information content (AvgIpc) is 2.70. The van der Waals surface area contributed by atoms with Gasteiger partial charge in [-0.1, -0.05) is 0 Å². The van der Waals surface area contributed by atoms with Gasteiger partial charge in [0.15, 0.2) is 0 Å². The molecule has 0 radical (unpaired) electrons. The van der Waals surface area contributed by atoms with Gasteiger partial charge in [-0.05, 0) is 25.1 Å². The van der Waals surface area contributed by atoms with Crippen LogP contribution in [0.15, 0.2) is 24.5 Å². The summed E-state index contributed by atoms with van der Waals surface area (Å²) in [6.07, 6.45) is 0.771. The summed E-state index contributed by atoms with van der Waals surface area (Å²) in [6.45, 7) is -1.15. The standard InChI is InChI=1S/C12H12F2N2O3/c1-7(19-12(13)14)5-16-6-15-9-3-2-8(11(17)18)4-10(9)16/h2-4,6-7,12H,5H2,1H3,(H,17,18)/t7-/m1/s1. The van der Waals surface area contributed by atoms with Crippen molar-refractivity contribution in [3.63, 3.8) is 0 Å². The van der Waals surface area contributed by atoms with Crippen molar-refractivity contribution in [2.24, 2.45) is 0 Å². The highest BCUT2D eigenvalue weighted by atomic mass is 19.3. The molecule has 0 amide bonds. The normalized spacial score (nSPS) is 13.1. The summed E-state index contributed by atoms with van der Waals surface area (Å²) in [5.74, 6) is -1.05. The van der Waals surface area contributed by atoms with Gasteiger partial charge in [0.2, 0.25) is 0 Å². The SMILES string of the molecule is C[C@H](Cn1cnc2ccc(C(=O)O)cc21)OC(F)F. The summed E-state index contributed by atoms with van der Waals surface area (Å²) in [5, 5.41) is 8.92. The van der Waals surface area contributed by atoms with Crippen LogP contribution in [0.25, 0.3) is 11.0 Å². The van der Waals surface area contributed by atoms with E-state index in [1.54, 1.807) is 10.6 Å². The van der Waals surface area contributed by atoms with Gasteiger partial charge < -0.3 is 14.4 Å². The number of aromatic carboxylic acids is 1. The van der Waals surface area contributed by atoms with E-state index in [-0.39, 0.29) is 12.1 Å². The Bertz CT molecular complexity index is 598. The maximum absolute atomic E-state index is 12.1. The molecule has 2 rings (SSSR count). The molecule has 7 heteroatoms. The fourth-order valence-corrected chi connectivity index (χ4v) is 1.83. The van der Waals surface area contributed by atoms with Crippen LogP contribution in [0, 0.1) is 0 Å².